The Morgan fingerprint density at radius 2 is 2.00 bits per heavy atom. The van der Waals surface area contributed by atoms with Gasteiger partial charge in [-0.25, -0.2) is 9.98 Å². The first-order valence-electron chi connectivity index (χ1n) is 8.73. The lowest BCUT2D eigenvalue weighted by Gasteiger charge is -2.27. The van der Waals surface area contributed by atoms with Gasteiger partial charge in [0.05, 0.1) is 11.4 Å². The number of H-pyrrole nitrogens is 1. The van der Waals surface area contributed by atoms with Crippen molar-refractivity contribution in [1.82, 2.24) is 9.97 Å². The van der Waals surface area contributed by atoms with Crippen LogP contribution in [0.5, 0.6) is 0 Å². The highest BCUT2D eigenvalue weighted by Crippen LogP contribution is 2.36. The fraction of sp³-hybridized carbons (Fsp3) is 0.300. The van der Waals surface area contributed by atoms with Gasteiger partial charge in [0.25, 0.3) is 5.56 Å². The summed E-state index contributed by atoms with van der Waals surface area (Å²) < 4.78 is 0. The van der Waals surface area contributed by atoms with Gasteiger partial charge in [-0.2, -0.15) is 0 Å². The summed E-state index contributed by atoms with van der Waals surface area (Å²) in [5.74, 6) is 0.695. The Morgan fingerprint density at radius 3 is 2.73 bits per heavy atom. The van der Waals surface area contributed by atoms with E-state index in [2.05, 4.69) is 27.6 Å². The average molecular weight is 348 g/mol. The molecule has 1 aromatic heterocycles. The van der Waals surface area contributed by atoms with Crippen molar-refractivity contribution in [3.8, 4) is 0 Å². The molecule has 1 saturated carbocycles. The minimum atomic E-state index is -0.307. The molecule has 0 bridgehead atoms. The molecule has 6 heteroatoms. The van der Waals surface area contributed by atoms with Gasteiger partial charge in [-0.15, -0.1) is 0 Å². The van der Waals surface area contributed by atoms with Crippen LogP contribution < -0.4 is 21.3 Å². The fourth-order valence-electron chi connectivity index (χ4n) is 3.46. The number of aromatic nitrogens is 2. The predicted octanol–water partition coefficient (Wildman–Crippen LogP) is 1.88. The lowest BCUT2D eigenvalue weighted by atomic mass is 10.1. The molecule has 1 N–H and O–H groups in total. The summed E-state index contributed by atoms with van der Waals surface area (Å²) in [5, 5.41) is 0.282. The van der Waals surface area contributed by atoms with E-state index in [9.17, 15) is 9.59 Å². The zero-order valence-corrected chi connectivity index (χ0v) is 14.9. The maximum absolute atomic E-state index is 12.4. The number of hydrogen-bond donors (Lipinski definition) is 1. The van der Waals surface area contributed by atoms with Gasteiger partial charge in [-0.1, -0.05) is 12.7 Å². The molecule has 4 rings (SSSR count). The molecule has 1 aliphatic heterocycles. The van der Waals surface area contributed by atoms with E-state index < -0.39 is 0 Å². The van der Waals surface area contributed by atoms with Crippen molar-refractivity contribution in [2.75, 3.05) is 11.4 Å². The number of rotatable bonds is 2. The predicted molar refractivity (Wildman–Crippen MR) is 101 cm³/mol. The smallest absolute Gasteiger partial charge is 0.279 e. The molecule has 1 aliphatic carbocycles. The number of Topliss-reactive ketones (excluding diaryl/α,β-unsaturated/α-hetero) is 1. The molecule has 0 spiro atoms. The monoisotopic (exact) mass is 348 g/mol. The van der Waals surface area contributed by atoms with E-state index in [4.69, 9.17) is 0 Å². The van der Waals surface area contributed by atoms with Gasteiger partial charge >= 0.3 is 0 Å². The van der Waals surface area contributed by atoms with Crippen molar-refractivity contribution in [3.05, 3.63) is 56.1 Å². The molecule has 0 saturated heterocycles. The molecule has 6 nitrogen and oxygen atoms in total. The van der Waals surface area contributed by atoms with Crippen molar-refractivity contribution in [2.24, 2.45) is 4.99 Å². The van der Waals surface area contributed by atoms with Crippen LogP contribution >= 0.6 is 0 Å². The van der Waals surface area contributed by atoms with E-state index in [0.717, 1.165) is 40.9 Å². The highest BCUT2D eigenvalue weighted by molar-refractivity contribution is 5.97. The second-order valence-corrected chi connectivity index (χ2v) is 6.84. The first-order chi connectivity index (χ1) is 12.4. The average Bonchev–Trinajstić information content (AvgIpc) is 2.99. The van der Waals surface area contributed by atoms with Crippen LogP contribution in [0, 0.1) is 13.8 Å². The topological polar surface area (TPSA) is 78.4 Å². The number of carbonyl (C=O) groups excluding carboxylic acids is 1. The Kier molecular flexibility index (Phi) is 3.83. The Hall–Kier alpha value is -3.02. The molecule has 2 aliphatic rings. The largest absolute Gasteiger partial charge is 0.319 e. The summed E-state index contributed by atoms with van der Waals surface area (Å²) >= 11 is 0. The van der Waals surface area contributed by atoms with Gasteiger partial charge in [0.1, 0.15) is 5.48 Å². The normalized spacial score (nSPS) is 17.2. The van der Waals surface area contributed by atoms with Gasteiger partial charge in [0.15, 0.2) is 17.0 Å². The highest BCUT2D eigenvalue weighted by Gasteiger charge is 2.24. The van der Waals surface area contributed by atoms with Crippen LogP contribution in [0.2, 0.25) is 0 Å². The maximum Gasteiger partial charge on any atom is 0.279 e. The van der Waals surface area contributed by atoms with Gasteiger partial charge in [0, 0.05) is 13.0 Å². The number of aryl methyl sites for hydroxylation is 2. The molecule has 2 heterocycles. The lowest BCUT2D eigenvalue weighted by Crippen LogP contribution is -2.42. The van der Waals surface area contributed by atoms with Gasteiger partial charge in [-0.3, -0.25) is 9.59 Å². The number of anilines is 2. The summed E-state index contributed by atoms with van der Waals surface area (Å²) in [7, 11) is 0. The van der Waals surface area contributed by atoms with Crippen molar-refractivity contribution in [1.29, 1.82) is 0 Å². The third-order valence-corrected chi connectivity index (χ3v) is 5.02. The number of benzene rings is 1. The molecule has 0 atom stereocenters. The molecule has 132 valence electrons. The SMILES string of the molecule is C=c1nc2c(c(=O)[nH]1)=Nc1cc(C)c(C)cc1N2C/C=C1\CCCC1=O. The molecular formula is C20H20N4O2. The standard InChI is InChI=1S/C20H20N4O2/c1-11-9-15-16(10-12(11)2)24(8-7-14-5-4-6-17(14)25)19-18(23-15)20(26)22-13(3)21-19/h7,9-10H,3-6,8H2,1-2H3,(H,22,26)/b14-7+. The second-order valence-electron chi connectivity index (χ2n) is 6.84. The van der Waals surface area contributed by atoms with E-state index in [-0.39, 0.29) is 16.7 Å². The number of nitrogens with one attached hydrogen (secondary N) is 1. The van der Waals surface area contributed by atoms with Gasteiger partial charge < -0.3 is 9.88 Å². The molecule has 0 radical (unpaired) electrons. The summed E-state index contributed by atoms with van der Waals surface area (Å²) in [6.45, 7) is 8.29. The summed E-state index contributed by atoms with van der Waals surface area (Å²) in [5.41, 5.74) is 4.72. The molecule has 1 aromatic carbocycles. The van der Waals surface area contributed by atoms with E-state index in [1.54, 1.807) is 0 Å². The highest BCUT2D eigenvalue weighted by atomic mass is 16.1. The quantitative estimate of drug-likeness (QED) is 0.841. The Labute approximate surface area is 150 Å². The minimum Gasteiger partial charge on any atom is -0.319 e. The van der Waals surface area contributed by atoms with Gasteiger partial charge in [0.2, 0.25) is 0 Å². The number of nitrogens with zero attached hydrogens (tertiary/aromatic N) is 3. The van der Waals surface area contributed by atoms with Crippen LogP contribution in [-0.2, 0) is 4.79 Å². The molecule has 26 heavy (non-hydrogen) atoms. The molecular weight excluding hydrogens is 328 g/mol. The molecule has 0 unspecified atom stereocenters. The zero-order valence-electron chi connectivity index (χ0n) is 14.9. The lowest BCUT2D eigenvalue weighted by molar-refractivity contribution is -0.114. The van der Waals surface area contributed by atoms with Crippen LogP contribution in [0.3, 0.4) is 0 Å². The number of aromatic amines is 1. The number of hydrogen-bond acceptors (Lipinski definition) is 5. The van der Waals surface area contributed by atoms with Crippen LogP contribution in [0.15, 0.2) is 33.6 Å². The zero-order chi connectivity index (χ0) is 18.4. The molecule has 1 fully saturated rings. The summed E-state index contributed by atoms with van der Waals surface area (Å²) in [6, 6.07) is 4.03. The van der Waals surface area contributed by atoms with E-state index in [1.165, 1.54) is 0 Å². The third kappa shape index (κ3) is 2.67. The van der Waals surface area contributed by atoms with E-state index in [1.807, 2.05) is 30.9 Å². The summed E-state index contributed by atoms with van der Waals surface area (Å²) in [4.78, 5) is 37.9. The molecule has 0 amide bonds. The second kappa shape index (κ2) is 6.05. The van der Waals surface area contributed by atoms with E-state index in [0.29, 0.717) is 24.3 Å². The first kappa shape index (κ1) is 16.4. The number of fused-ring (bicyclic) bond motifs is 2. The van der Waals surface area contributed by atoms with Crippen molar-refractivity contribution < 1.29 is 4.79 Å². The number of ketones is 1. The Morgan fingerprint density at radius 1 is 1.23 bits per heavy atom. The maximum atomic E-state index is 12.4. The molecule has 2 aromatic rings. The van der Waals surface area contributed by atoms with E-state index >= 15 is 0 Å². The summed E-state index contributed by atoms with van der Waals surface area (Å²) in [6.07, 6.45) is 4.29. The van der Waals surface area contributed by atoms with Crippen molar-refractivity contribution >= 4 is 29.6 Å². The van der Waals surface area contributed by atoms with Crippen LogP contribution in [0.25, 0.3) is 6.58 Å². The Bertz CT molecular complexity index is 1130. The fourth-order valence-corrected chi connectivity index (χ4v) is 3.46. The van der Waals surface area contributed by atoms with Crippen LogP contribution in [-0.4, -0.2) is 22.3 Å². The Balaban J connectivity index is 1.92. The van der Waals surface area contributed by atoms with Crippen molar-refractivity contribution in [2.45, 2.75) is 33.1 Å². The first-order valence-corrected chi connectivity index (χ1v) is 8.73. The van der Waals surface area contributed by atoms with Crippen molar-refractivity contribution in [3.63, 3.8) is 0 Å². The van der Waals surface area contributed by atoms with Gasteiger partial charge in [-0.05, 0) is 55.5 Å². The number of carbonyl (C=O) groups is 1. The van der Waals surface area contributed by atoms with Crippen LogP contribution in [0.4, 0.5) is 17.2 Å². The third-order valence-electron chi connectivity index (χ3n) is 5.02. The number of allylic oxidation sites excluding steroid dienone is 1. The van der Waals surface area contributed by atoms with Crippen LogP contribution in [0.1, 0.15) is 30.4 Å². The minimum absolute atomic E-state index is 0.212.